The molecule has 2 aromatic carbocycles. The summed E-state index contributed by atoms with van der Waals surface area (Å²) in [6, 6.07) is 13.9. The molecule has 0 spiro atoms. The predicted octanol–water partition coefficient (Wildman–Crippen LogP) is 4.42. The number of hydrogen-bond donors (Lipinski definition) is 1. The normalized spacial score (nSPS) is 10.4. The van der Waals surface area contributed by atoms with Crippen LogP contribution in [0.2, 0.25) is 0 Å². The SMILES string of the molecule is COc1cc(F)c([N+](=O)[O-])c(NCc2ccc(-c3cccnc3)cc2)c1. The van der Waals surface area contributed by atoms with Gasteiger partial charge in [-0.05, 0) is 22.8 Å². The molecule has 1 N–H and O–H groups in total. The molecule has 0 unspecified atom stereocenters. The standard InChI is InChI=1S/C19H16FN3O3/c1-26-16-9-17(20)19(23(24)25)18(10-16)22-11-13-4-6-14(7-5-13)15-3-2-8-21-12-15/h2-10,12,22H,11H2,1H3. The van der Waals surface area contributed by atoms with Crippen molar-refractivity contribution in [3.8, 4) is 16.9 Å². The van der Waals surface area contributed by atoms with Crippen LogP contribution in [0.15, 0.2) is 60.9 Å². The number of benzene rings is 2. The van der Waals surface area contributed by atoms with Crippen LogP contribution in [0.5, 0.6) is 5.75 Å². The van der Waals surface area contributed by atoms with Crippen molar-refractivity contribution in [1.29, 1.82) is 0 Å². The lowest BCUT2D eigenvalue weighted by Gasteiger charge is -2.10. The minimum Gasteiger partial charge on any atom is -0.497 e. The Morgan fingerprint density at radius 1 is 1.19 bits per heavy atom. The van der Waals surface area contributed by atoms with Gasteiger partial charge in [-0.2, -0.15) is 4.39 Å². The van der Waals surface area contributed by atoms with Crippen molar-refractivity contribution >= 4 is 11.4 Å². The van der Waals surface area contributed by atoms with Gasteiger partial charge >= 0.3 is 5.69 Å². The Bertz CT molecular complexity index is 915. The third-order valence-corrected chi connectivity index (χ3v) is 3.89. The largest absolute Gasteiger partial charge is 0.497 e. The molecule has 0 bridgehead atoms. The first-order chi connectivity index (χ1) is 12.6. The number of ether oxygens (including phenoxy) is 1. The van der Waals surface area contributed by atoms with Crippen molar-refractivity contribution in [3.63, 3.8) is 0 Å². The van der Waals surface area contributed by atoms with Crippen molar-refractivity contribution < 1.29 is 14.1 Å². The summed E-state index contributed by atoms with van der Waals surface area (Å²) in [7, 11) is 1.38. The number of nitro groups is 1. The summed E-state index contributed by atoms with van der Waals surface area (Å²) in [5, 5.41) is 14.0. The number of nitro benzene ring substituents is 1. The Morgan fingerprint density at radius 2 is 1.96 bits per heavy atom. The quantitative estimate of drug-likeness (QED) is 0.524. The smallest absolute Gasteiger partial charge is 0.327 e. The zero-order valence-electron chi connectivity index (χ0n) is 14.0. The summed E-state index contributed by atoms with van der Waals surface area (Å²) in [6.45, 7) is 0.306. The molecule has 1 heterocycles. The third-order valence-electron chi connectivity index (χ3n) is 3.89. The molecular formula is C19H16FN3O3. The van der Waals surface area contributed by atoms with Crippen LogP contribution in [0.4, 0.5) is 15.8 Å². The van der Waals surface area contributed by atoms with Crippen molar-refractivity contribution in [1.82, 2.24) is 4.98 Å². The van der Waals surface area contributed by atoms with E-state index in [1.165, 1.54) is 13.2 Å². The second-order valence-electron chi connectivity index (χ2n) is 5.55. The highest BCUT2D eigenvalue weighted by Gasteiger charge is 2.22. The van der Waals surface area contributed by atoms with Gasteiger partial charge in [-0.1, -0.05) is 30.3 Å². The number of rotatable bonds is 6. The number of nitrogens with zero attached hydrogens (tertiary/aromatic N) is 2. The van der Waals surface area contributed by atoms with E-state index in [9.17, 15) is 14.5 Å². The van der Waals surface area contributed by atoms with E-state index in [0.717, 1.165) is 22.8 Å². The zero-order valence-corrected chi connectivity index (χ0v) is 14.0. The molecule has 0 aliphatic heterocycles. The Hall–Kier alpha value is -3.48. The number of methoxy groups -OCH3 is 1. The molecule has 26 heavy (non-hydrogen) atoms. The van der Waals surface area contributed by atoms with Gasteiger partial charge in [0.1, 0.15) is 11.4 Å². The average Bonchev–Trinajstić information content (AvgIpc) is 2.66. The van der Waals surface area contributed by atoms with Gasteiger partial charge in [0.05, 0.1) is 12.0 Å². The van der Waals surface area contributed by atoms with Gasteiger partial charge < -0.3 is 10.1 Å². The first-order valence-corrected chi connectivity index (χ1v) is 7.83. The van der Waals surface area contributed by atoms with Gasteiger partial charge in [-0.15, -0.1) is 0 Å². The predicted molar refractivity (Wildman–Crippen MR) is 96.6 cm³/mol. The molecule has 0 radical (unpaired) electrons. The fourth-order valence-corrected chi connectivity index (χ4v) is 2.56. The van der Waals surface area contributed by atoms with Gasteiger partial charge in [0.25, 0.3) is 0 Å². The highest BCUT2D eigenvalue weighted by molar-refractivity contribution is 5.66. The van der Waals surface area contributed by atoms with Crippen LogP contribution < -0.4 is 10.1 Å². The van der Waals surface area contributed by atoms with Crippen LogP contribution in [0.3, 0.4) is 0 Å². The number of aromatic nitrogens is 1. The lowest BCUT2D eigenvalue weighted by atomic mass is 10.1. The van der Waals surface area contributed by atoms with Crippen molar-refractivity contribution in [2.45, 2.75) is 6.54 Å². The summed E-state index contributed by atoms with van der Waals surface area (Å²) in [6.07, 6.45) is 3.48. The first-order valence-electron chi connectivity index (χ1n) is 7.83. The molecule has 0 fully saturated rings. The molecule has 0 saturated carbocycles. The van der Waals surface area contributed by atoms with Crippen molar-refractivity contribution in [2.75, 3.05) is 12.4 Å². The van der Waals surface area contributed by atoms with E-state index in [-0.39, 0.29) is 11.4 Å². The number of anilines is 1. The number of nitrogens with one attached hydrogen (secondary N) is 1. The van der Waals surface area contributed by atoms with Crippen LogP contribution in [-0.2, 0) is 6.54 Å². The highest BCUT2D eigenvalue weighted by Crippen LogP contribution is 2.32. The first kappa shape index (κ1) is 17.3. The lowest BCUT2D eigenvalue weighted by Crippen LogP contribution is -2.05. The summed E-state index contributed by atoms with van der Waals surface area (Å²) in [5.41, 5.74) is 2.38. The van der Waals surface area contributed by atoms with Crippen LogP contribution in [0.25, 0.3) is 11.1 Å². The Labute approximate surface area is 149 Å². The molecule has 0 aliphatic carbocycles. The second-order valence-corrected chi connectivity index (χ2v) is 5.55. The van der Waals surface area contributed by atoms with Gasteiger partial charge in [0.15, 0.2) is 0 Å². The third kappa shape index (κ3) is 3.77. The molecule has 1 aromatic heterocycles. The van der Waals surface area contributed by atoms with Crippen LogP contribution in [0.1, 0.15) is 5.56 Å². The molecule has 3 aromatic rings. The second kappa shape index (κ2) is 7.60. The highest BCUT2D eigenvalue weighted by atomic mass is 19.1. The molecule has 0 amide bonds. The van der Waals surface area contributed by atoms with Gasteiger partial charge in [-0.3, -0.25) is 15.1 Å². The molecule has 132 valence electrons. The summed E-state index contributed by atoms with van der Waals surface area (Å²) in [5.74, 6) is -0.730. The van der Waals surface area contributed by atoms with E-state index in [2.05, 4.69) is 10.3 Å². The number of halogens is 1. The van der Waals surface area contributed by atoms with Crippen LogP contribution >= 0.6 is 0 Å². The minimum absolute atomic E-state index is 0.0724. The fourth-order valence-electron chi connectivity index (χ4n) is 2.56. The Balaban J connectivity index is 1.79. The minimum atomic E-state index is -0.941. The number of hydrogen-bond acceptors (Lipinski definition) is 5. The van der Waals surface area contributed by atoms with Crippen molar-refractivity contribution in [2.24, 2.45) is 0 Å². The molecule has 3 rings (SSSR count). The van der Waals surface area contributed by atoms with E-state index in [0.29, 0.717) is 6.54 Å². The van der Waals surface area contributed by atoms with Gasteiger partial charge in [0, 0.05) is 31.1 Å². The molecule has 0 saturated heterocycles. The lowest BCUT2D eigenvalue weighted by molar-refractivity contribution is -0.386. The van der Waals surface area contributed by atoms with Crippen LogP contribution in [-0.4, -0.2) is 17.0 Å². The fraction of sp³-hybridized carbons (Fsp3) is 0.105. The summed E-state index contributed by atoms with van der Waals surface area (Å²) >= 11 is 0. The zero-order chi connectivity index (χ0) is 18.5. The van der Waals surface area contributed by atoms with Gasteiger partial charge in [-0.25, -0.2) is 0 Å². The van der Waals surface area contributed by atoms with E-state index in [1.54, 1.807) is 12.4 Å². The van der Waals surface area contributed by atoms with E-state index < -0.39 is 16.4 Å². The Morgan fingerprint density at radius 3 is 2.58 bits per heavy atom. The number of pyridine rings is 1. The molecule has 0 aliphatic rings. The molecule has 0 atom stereocenters. The summed E-state index contributed by atoms with van der Waals surface area (Å²) in [4.78, 5) is 14.5. The topological polar surface area (TPSA) is 77.3 Å². The van der Waals surface area contributed by atoms with Gasteiger partial charge in [0.2, 0.25) is 5.82 Å². The summed E-state index contributed by atoms with van der Waals surface area (Å²) < 4.78 is 18.9. The molecule has 6 nitrogen and oxygen atoms in total. The van der Waals surface area contributed by atoms with Crippen LogP contribution in [0, 0.1) is 15.9 Å². The molecule has 7 heteroatoms. The average molecular weight is 353 g/mol. The molecular weight excluding hydrogens is 337 g/mol. The van der Waals surface area contributed by atoms with E-state index >= 15 is 0 Å². The van der Waals surface area contributed by atoms with E-state index in [1.807, 2.05) is 36.4 Å². The Kier molecular flexibility index (Phi) is 5.07. The van der Waals surface area contributed by atoms with E-state index in [4.69, 9.17) is 4.74 Å². The maximum absolute atomic E-state index is 13.9. The maximum Gasteiger partial charge on any atom is 0.327 e. The monoisotopic (exact) mass is 353 g/mol. The maximum atomic E-state index is 13.9. The van der Waals surface area contributed by atoms with Crippen molar-refractivity contribution in [3.05, 3.63) is 82.4 Å².